The van der Waals surface area contributed by atoms with Gasteiger partial charge in [-0.15, -0.1) is 0 Å². The Hall–Kier alpha value is -4.30. The number of nitrogens with one attached hydrogen (secondary N) is 2. The summed E-state index contributed by atoms with van der Waals surface area (Å²) in [6.45, 7) is 5.64. The highest BCUT2D eigenvalue weighted by atomic mass is 16.6. The molecule has 0 aliphatic carbocycles. The summed E-state index contributed by atoms with van der Waals surface area (Å²) in [7, 11) is 0. The fourth-order valence-electron chi connectivity index (χ4n) is 5.00. The number of carbonyl (C=O) groups is 2. The Balaban J connectivity index is 1.44. The Morgan fingerprint density at radius 1 is 1.00 bits per heavy atom. The molecule has 1 aliphatic rings. The molecule has 0 saturated carbocycles. The standard InChI is InChI=1S/C31H33N3O5/c1-3-34(4-2)31(37)21-9-7-8-20(14-21)22-16-26(29-28(17-22)38-12-13-39-29)30(36)33-24(19-35)15-23-18-32-27-11-6-5-10-25(23)27/h5-11,14,16-18,24,32,35H,3-4,12-13,15,19H2,1-2H3,(H,33,36)/t24-/m1/s1. The van der Waals surface area contributed by atoms with Crippen LogP contribution in [0.4, 0.5) is 0 Å². The third-order valence-electron chi connectivity index (χ3n) is 7.08. The molecule has 8 heteroatoms. The lowest BCUT2D eigenvalue weighted by molar-refractivity contribution is 0.0772. The quantitative estimate of drug-likeness (QED) is 0.299. The van der Waals surface area contributed by atoms with Gasteiger partial charge in [-0.1, -0.05) is 30.3 Å². The normalized spacial score (nSPS) is 13.2. The second kappa shape index (κ2) is 11.6. The molecule has 2 heterocycles. The number of H-pyrrole nitrogens is 1. The number of aliphatic hydroxyl groups is 1. The lowest BCUT2D eigenvalue weighted by Crippen LogP contribution is -2.39. The number of rotatable bonds is 9. The smallest absolute Gasteiger partial charge is 0.255 e. The third-order valence-corrected chi connectivity index (χ3v) is 7.08. The molecule has 0 bridgehead atoms. The molecule has 1 aliphatic heterocycles. The largest absolute Gasteiger partial charge is 0.486 e. The third kappa shape index (κ3) is 5.47. The van der Waals surface area contributed by atoms with Gasteiger partial charge in [-0.3, -0.25) is 9.59 Å². The van der Waals surface area contributed by atoms with E-state index in [1.165, 1.54) is 0 Å². The number of aromatic nitrogens is 1. The lowest BCUT2D eigenvalue weighted by atomic mass is 9.98. The maximum absolute atomic E-state index is 13.6. The van der Waals surface area contributed by atoms with Crippen molar-refractivity contribution in [3.05, 3.63) is 83.6 Å². The number of fused-ring (bicyclic) bond motifs is 2. The zero-order valence-electron chi connectivity index (χ0n) is 22.2. The Morgan fingerprint density at radius 3 is 2.59 bits per heavy atom. The number of amides is 2. The number of nitrogens with zero attached hydrogens (tertiary/aromatic N) is 1. The van der Waals surface area contributed by atoms with Gasteiger partial charge in [-0.05, 0) is 67.3 Å². The predicted molar refractivity (Wildman–Crippen MR) is 150 cm³/mol. The predicted octanol–water partition coefficient (Wildman–Crippen LogP) is 4.42. The van der Waals surface area contributed by atoms with E-state index in [0.29, 0.717) is 55.4 Å². The summed E-state index contributed by atoms with van der Waals surface area (Å²) in [6, 6.07) is 18.4. The molecule has 0 unspecified atom stereocenters. The molecule has 8 nitrogen and oxygen atoms in total. The van der Waals surface area contributed by atoms with E-state index in [4.69, 9.17) is 9.47 Å². The first kappa shape index (κ1) is 26.3. The molecule has 0 fully saturated rings. The van der Waals surface area contributed by atoms with Crippen molar-refractivity contribution < 1.29 is 24.2 Å². The molecule has 39 heavy (non-hydrogen) atoms. The maximum Gasteiger partial charge on any atom is 0.255 e. The number of benzene rings is 3. The van der Waals surface area contributed by atoms with E-state index in [1.807, 2.05) is 68.6 Å². The Morgan fingerprint density at radius 2 is 1.79 bits per heavy atom. The van der Waals surface area contributed by atoms with E-state index in [1.54, 1.807) is 17.0 Å². The summed E-state index contributed by atoms with van der Waals surface area (Å²) >= 11 is 0. The second-order valence-electron chi connectivity index (χ2n) is 9.52. The molecule has 202 valence electrons. The van der Waals surface area contributed by atoms with Crippen LogP contribution in [0.2, 0.25) is 0 Å². The SMILES string of the molecule is CCN(CC)C(=O)c1cccc(-c2cc3c(c(C(=O)N[C@@H](CO)Cc4c[nH]c5ccccc45)c2)OCCO3)c1. The van der Waals surface area contributed by atoms with E-state index >= 15 is 0 Å². The summed E-state index contributed by atoms with van der Waals surface area (Å²) in [5.41, 5.74) is 4.43. The van der Waals surface area contributed by atoms with Gasteiger partial charge in [-0.25, -0.2) is 0 Å². The first-order chi connectivity index (χ1) is 19.0. The molecule has 4 aromatic rings. The first-order valence-electron chi connectivity index (χ1n) is 13.3. The van der Waals surface area contributed by atoms with Gasteiger partial charge in [0.25, 0.3) is 11.8 Å². The number of para-hydroxylation sites is 1. The van der Waals surface area contributed by atoms with Gasteiger partial charge in [-0.2, -0.15) is 0 Å². The number of hydrogen-bond acceptors (Lipinski definition) is 5. The highest BCUT2D eigenvalue weighted by Crippen LogP contribution is 2.39. The summed E-state index contributed by atoms with van der Waals surface area (Å²) in [4.78, 5) is 31.5. The van der Waals surface area contributed by atoms with Gasteiger partial charge >= 0.3 is 0 Å². The van der Waals surface area contributed by atoms with Crippen LogP contribution < -0.4 is 14.8 Å². The fraction of sp³-hybridized carbons (Fsp3) is 0.290. The van der Waals surface area contributed by atoms with Crippen molar-refractivity contribution in [3.63, 3.8) is 0 Å². The lowest BCUT2D eigenvalue weighted by Gasteiger charge is -2.23. The summed E-state index contributed by atoms with van der Waals surface area (Å²) < 4.78 is 11.7. The molecule has 0 radical (unpaired) electrons. The monoisotopic (exact) mass is 527 g/mol. The van der Waals surface area contributed by atoms with Crippen LogP contribution in [0.5, 0.6) is 11.5 Å². The van der Waals surface area contributed by atoms with E-state index < -0.39 is 6.04 Å². The molecule has 1 atom stereocenters. The second-order valence-corrected chi connectivity index (χ2v) is 9.52. The van der Waals surface area contributed by atoms with Crippen molar-refractivity contribution in [3.8, 4) is 22.6 Å². The Labute approximate surface area is 227 Å². The van der Waals surface area contributed by atoms with Crippen molar-refractivity contribution in [2.75, 3.05) is 32.9 Å². The molecule has 5 rings (SSSR count). The summed E-state index contributed by atoms with van der Waals surface area (Å²) in [6.07, 6.45) is 2.37. The van der Waals surface area contributed by atoms with E-state index in [2.05, 4.69) is 10.3 Å². The molecule has 0 saturated heterocycles. The van der Waals surface area contributed by atoms with E-state index in [9.17, 15) is 14.7 Å². The molecule has 0 spiro atoms. The maximum atomic E-state index is 13.6. The average molecular weight is 528 g/mol. The van der Waals surface area contributed by atoms with Gasteiger partial charge in [0.05, 0.1) is 18.2 Å². The van der Waals surface area contributed by atoms with Crippen LogP contribution in [0.1, 0.15) is 40.1 Å². The molecular formula is C31H33N3O5. The van der Waals surface area contributed by atoms with Crippen molar-refractivity contribution >= 4 is 22.7 Å². The van der Waals surface area contributed by atoms with Crippen LogP contribution in [0, 0.1) is 0 Å². The fourth-order valence-corrected chi connectivity index (χ4v) is 5.00. The highest BCUT2D eigenvalue weighted by molar-refractivity contribution is 6.00. The highest BCUT2D eigenvalue weighted by Gasteiger charge is 2.25. The van der Waals surface area contributed by atoms with Crippen LogP contribution in [-0.2, 0) is 6.42 Å². The van der Waals surface area contributed by atoms with Gasteiger partial charge in [0.2, 0.25) is 0 Å². The zero-order valence-corrected chi connectivity index (χ0v) is 22.2. The Bertz CT molecular complexity index is 1490. The summed E-state index contributed by atoms with van der Waals surface area (Å²) in [5.74, 6) is 0.441. The van der Waals surface area contributed by atoms with E-state index in [0.717, 1.165) is 27.6 Å². The van der Waals surface area contributed by atoms with Crippen molar-refractivity contribution in [2.45, 2.75) is 26.3 Å². The van der Waals surface area contributed by atoms with Crippen LogP contribution in [0.15, 0.2) is 66.9 Å². The van der Waals surface area contributed by atoms with Gasteiger partial charge < -0.3 is 29.8 Å². The van der Waals surface area contributed by atoms with Crippen molar-refractivity contribution in [2.24, 2.45) is 0 Å². The van der Waals surface area contributed by atoms with Crippen LogP contribution in [0.3, 0.4) is 0 Å². The van der Waals surface area contributed by atoms with Crippen molar-refractivity contribution in [1.82, 2.24) is 15.2 Å². The van der Waals surface area contributed by atoms with Gasteiger partial charge in [0, 0.05) is 35.8 Å². The van der Waals surface area contributed by atoms with E-state index in [-0.39, 0.29) is 18.4 Å². The minimum atomic E-state index is -0.504. The molecule has 3 aromatic carbocycles. The van der Waals surface area contributed by atoms with Gasteiger partial charge in [0.15, 0.2) is 11.5 Å². The number of ether oxygens (including phenoxy) is 2. The number of aromatic amines is 1. The summed E-state index contributed by atoms with van der Waals surface area (Å²) in [5, 5.41) is 14.1. The number of carbonyl (C=O) groups excluding carboxylic acids is 2. The van der Waals surface area contributed by atoms with Gasteiger partial charge in [0.1, 0.15) is 13.2 Å². The molecule has 1 aromatic heterocycles. The number of aliphatic hydroxyl groups excluding tert-OH is 1. The van der Waals surface area contributed by atoms with Crippen LogP contribution >= 0.6 is 0 Å². The zero-order chi connectivity index (χ0) is 27.4. The first-order valence-corrected chi connectivity index (χ1v) is 13.3. The van der Waals surface area contributed by atoms with Crippen molar-refractivity contribution in [1.29, 1.82) is 0 Å². The van der Waals surface area contributed by atoms with Crippen LogP contribution in [-0.4, -0.2) is 65.8 Å². The number of hydrogen-bond donors (Lipinski definition) is 3. The topological polar surface area (TPSA) is 104 Å². The molecule has 3 N–H and O–H groups in total. The van der Waals surface area contributed by atoms with Crippen LogP contribution in [0.25, 0.3) is 22.0 Å². The molecule has 2 amide bonds. The minimum absolute atomic E-state index is 0.0413. The minimum Gasteiger partial charge on any atom is -0.486 e. The molecular weight excluding hydrogens is 494 g/mol. The Kier molecular flexibility index (Phi) is 7.84. The average Bonchev–Trinajstić information content (AvgIpc) is 3.39.